The number of hydrogen-bond acceptors (Lipinski definition) is 3. The van der Waals surface area contributed by atoms with Crippen LogP contribution in [-0.2, 0) is 16.1 Å². The molecule has 4 rings (SSSR count). The van der Waals surface area contributed by atoms with E-state index in [-0.39, 0.29) is 18.5 Å². The zero-order valence-corrected chi connectivity index (χ0v) is 16.9. The molecule has 0 N–H and O–H groups in total. The third-order valence-corrected chi connectivity index (χ3v) is 5.12. The number of nitrogens with zero attached hydrogens (tertiary/aromatic N) is 2. The maximum absolute atomic E-state index is 12.8. The van der Waals surface area contributed by atoms with E-state index in [1.807, 2.05) is 109 Å². The largest absolute Gasteiger partial charge is 0.460 e. The first-order valence-electron chi connectivity index (χ1n) is 10.2. The molecule has 0 radical (unpaired) electrons. The fourth-order valence-corrected chi connectivity index (χ4v) is 3.54. The minimum atomic E-state index is -0.268. The number of benzene rings is 3. The zero-order valence-electron chi connectivity index (χ0n) is 16.9. The number of carbonyl (C=O) groups is 1. The van der Waals surface area contributed by atoms with Crippen LogP contribution in [0.1, 0.15) is 30.4 Å². The monoisotopic (exact) mass is 396 g/mol. The first kappa shape index (κ1) is 19.6. The van der Waals surface area contributed by atoms with Crippen LogP contribution in [0.4, 0.5) is 0 Å². The Morgan fingerprint density at radius 3 is 2.13 bits per heavy atom. The molecule has 4 nitrogen and oxygen atoms in total. The highest BCUT2D eigenvalue weighted by atomic mass is 16.5. The summed E-state index contributed by atoms with van der Waals surface area (Å²) in [6.07, 6.45) is 2.63. The SMILES string of the molecule is CC[C@H](C(=O)OCc1cn(-c2ccccc2)nc1-c1ccccc1)c1ccccc1. The summed E-state index contributed by atoms with van der Waals surface area (Å²) >= 11 is 0. The van der Waals surface area contributed by atoms with Gasteiger partial charge in [0.15, 0.2) is 0 Å². The van der Waals surface area contributed by atoms with Crippen LogP contribution in [0.25, 0.3) is 16.9 Å². The predicted octanol–water partition coefficient (Wildman–Crippen LogP) is 5.78. The fraction of sp³-hybridized carbons (Fsp3) is 0.154. The number of esters is 1. The van der Waals surface area contributed by atoms with E-state index >= 15 is 0 Å². The summed E-state index contributed by atoms with van der Waals surface area (Å²) in [6, 6.07) is 29.7. The highest BCUT2D eigenvalue weighted by molar-refractivity contribution is 5.78. The van der Waals surface area contributed by atoms with Crippen molar-refractivity contribution < 1.29 is 9.53 Å². The van der Waals surface area contributed by atoms with Crippen molar-refractivity contribution >= 4 is 5.97 Å². The number of hydrogen-bond donors (Lipinski definition) is 0. The predicted molar refractivity (Wildman–Crippen MR) is 118 cm³/mol. The lowest BCUT2D eigenvalue weighted by atomic mass is 9.97. The van der Waals surface area contributed by atoms with Crippen molar-refractivity contribution in [2.75, 3.05) is 0 Å². The van der Waals surface area contributed by atoms with Crippen LogP contribution in [0.15, 0.2) is 97.2 Å². The van der Waals surface area contributed by atoms with E-state index in [0.717, 1.165) is 28.1 Å². The van der Waals surface area contributed by atoms with Crippen LogP contribution in [0.5, 0.6) is 0 Å². The van der Waals surface area contributed by atoms with Crippen LogP contribution < -0.4 is 0 Å². The van der Waals surface area contributed by atoms with E-state index in [1.165, 1.54) is 0 Å². The molecule has 0 saturated carbocycles. The van der Waals surface area contributed by atoms with Crippen LogP contribution >= 0.6 is 0 Å². The second-order valence-electron chi connectivity index (χ2n) is 7.13. The summed E-state index contributed by atoms with van der Waals surface area (Å²) in [5.41, 5.74) is 4.63. The van der Waals surface area contributed by atoms with Crippen molar-refractivity contribution in [3.63, 3.8) is 0 Å². The van der Waals surface area contributed by atoms with Gasteiger partial charge in [-0.05, 0) is 24.1 Å². The number of para-hydroxylation sites is 1. The molecule has 1 heterocycles. The maximum Gasteiger partial charge on any atom is 0.313 e. The lowest BCUT2D eigenvalue weighted by molar-refractivity contribution is -0.146. The smallest absolute Gasteiger partial charge is 0.313 e. The molecule has 30 heavy (non-hydrogen) atoms. The third-order valence-electron chi connectivity index (χ3n) is 5.12. The summed E-state index contributed by atoms with van der Waals surface area (Å²) in [5.74, 6) is -0.481. The summed E-state index contributed by atoms with van der Waals surface area (Å²) in [7, 11) is 0. The third kappa shape index (κ3) is 4.33. The van der Waals surface area contributed by atoms with Gasteiger partial charge in [-0.15, -0.1) is 0 Å². The van der Waals surface area contributed by atoms with Gasteiger partial charge in [0.1, 0.15) is 6.61 Å². The Kier molecular flexibility index (Phi) is 6.04. The Hall–Kier alpha value is -3.66. The minimum absolute atomic E-state index is 0.180. The van der Waals surface area contributed by atoms with E-state index in [4.69, 9.17) is 9.84 Å². The van der Waals surface area contributed by atoms with Crippen molar-refractivity contribution in [1.29, 1.82) is 0 Å². The molecular weight excluding hydrogens is 372 g/mol. The molecule has 0 fully saturated rings. The highest BCUT2D eigenvalue weighted by Crippen LogP contribution is 2.26. The second-order valence-corrected chi connectivity index (χ2v) is 7.13. The van der Waals surface area contributed by atoms with Crippen molar-refractivity contribution in [3.8, 4) is 16.9 Å². The van der Waals surface area contributed by atoms with Crippen molar-refractivity contribution in [3.05, 3.63) is 108 Å². The van der Waals surface area contributed by atoms with Gasteiger partial charge >= 0.3 is 5.97 Å². The maximum atomic E-state index is 12.8. The van der Waals surface area contributed by atoms with Gasteiger partial charge in [-0.2, -0.15) is 5.10 Å². The fourth-order valence-electron chi connectivity index (χ4n) is 3.54. The quantitative estimate of drug-likeness (QED) is 0.372. The Bertz CT molecular complexity index is 1090. The lowest BCUT2D eigenvalue weighted by Gasteiger charge is -2.14. The molecule has 4 heteroatoms. The van der Waals surface area contributed by atoms with E-state index in [9.17, 15) is 4.79 Å². The summed E-state index contributed by atoms with van der Waals surface area (Å²) in [6.45, 7) is 2.18. The molecule has 1 atom stereocenters. The molecule has 0 bridgehead atoms. The number of carbonyl (C=O) groups excluding carboxylic acids is 1. The number of ether oxygens (including phenoxy) is 1. The molecule has 0 unspecified atom stereocenters. The lowest BCUT2D eigenvalue weighted by Crippen LogP contribution is -2.15. The molecule has 0 aliphatic carbocycles. The Morgan fingerprint density at radius 2 is 1.50 bits per heavy atom. The Morgan fingerprint density at radius 1 is 0.900 bits per heavy atom. The van der Waals surface area contributed by atoms with E-state index in [1.54, 1.807) is 0 Å². The molecule has 150 valence electrons. The molecular formula is C26H24N2O2. The number of aromatic nitrogens is 2. The summed E-state index contributed by atoms with van der Waals surface area (Å²) in [4.78, 5) is 12.8. The Labute approximate surface area is 176 Å². The van der Waals surface area contributed by atoms with Gasteiger partial charge in [0.2, 0.25) is 0 Å². The van der Waals surface area contributed by atoms with Gasteiger partial charge in [-0.1, -0.05) is 85.8 Å². The van der Waals surface area contributed by atoms with Gasteiger partial charge < -0.3 is 4.74 Å². The van der Waals surface area contributed by atoms with Crippen LogP contribution in [0.3, 0.4) is 0 Å². The minimum Gasteiger partial charge on any atom is -0.460 e. The van der Waals surface area contributed by atoms with Crippen LogP contribution in [-0.4, -0.2) is 15.7 Å². The molecule has 4 aromatic rings. The van der Waals surface area contributed by atoms with Gasteiger partial charge in [0, 0.05) is 17.3 Å². The first-order valence-corrected chi connectivity index (χ1v) is 10.2. The van der Waals surface area contributed by atoms with Gasteiger partial charge in [0.05, 0.1) is 17.3 Å². The Balaban J connectivity index is 1.60. The normalized spacial score (nSPS) is 11.8. The molecule has 0 amide bonds. The molecule has 1 aromatic heterocycles. The molecule has 0 spiro atoms. The van der Waals surface area contributed by atoms with Gasteiger partial charge in [-0.25, -0.2) is 4.68 Å². The first-order chi connectivity index (χ1) is 14.8. The standard InChI is InChI=1S/C26H24N2O2/c1-2-24(20-12-6-3-7-13-20)26(29)30-19-22-18-28(23-16-10-5-11-17-23)27-25(22)21-14-8-4-9-15-21/h3-18,24H,2,19H2,1H3/t24-/m0/s1. The van der Waals surface area contributed by atoms with Crippen LogP contribution in [0, 0.1) is 0 Å². The van der Waals surface area contributed by atoms with Gasteiger partial charge in [-0.3, -0.25) is 4.79 Å². The van der Waals surface area contributed by atoms with E-state index < -0.39 is 0 Å². The van der Waals surface area contributed by atoms with Crippen molar-refractivity contribution in [2.45, 2.75) is 25.9 Å². The molecule has 0 aliphatic heterocycles. The van der Waals surface area contributed by atoms with E-state index in [0.29, 0.717) is 6.42 Å². The van der Waals surface area contributed by atoms with Crippen LogP contribution in [0.2, 0.25) is 0 Å². The van der Waals surface area contributed by atoms with Crippen molar-refractivity contribution in [1.82, 2.24) is 9.78 Å². The molecule has 0 aliphatic rings. The average molecular weight is 396 g/mol. The molecule has 3 aromatic carbocycles. The summed E-state index contributed by atoms with van der Waals surface area (Å²) in [5, 5.41) is 4.78. The molecule has 0 saturated heterocycles. The highest BCUT2D eigenvalue weighted by Gasteiger charge is 2.21. The summed E-state index contributed by atoms with van der Waals surface area (Å²) < 4.78 is 7.59. The van der Waals surface area contributed by atoms with Gasteiger partial charge in [0.25, 0.3) is 0 Å². The second kappa shape index (κ2) is 9.23. The average Bonchev–Trinajstić information content (AvgIpc) is 3.24. The van der Waals surface area contributed by atoms with Crippen molar-refractivity contribution in [2.24, 2.45) is 0 Å². The number of rotatable bonds is 7. The van der Waals surface area contributed by atoms with E-state index in [2.05, 4.69) is 0 Å². The zero-order chi connectivity index (χ0) is 20.8. The topological polar surface area (TPSA) is 44.1 Å².